The summed E-state index contributed by atoms with van der Waals surface area (Å²) >= 11 is 0. The quantitative estimate of drug-likeness (QED) is 0.306. The van der Waals surface area contributed by atoms with Crippen molar-refractivity contribution in [2.75, 3.05) is 6.61 Å². The zero-order valence-corrected chi connectivity index (χ0v) is 24.6. The highest BCUT2D eigenvalue weighted by Crippen LogP contribution is 2.66. The molecule has 8 nitrogen and oxygen atoms in total. The lowest BCUT2D eigenvalue weighted by atomic mass is 9.45. The Hall–Kier alpha value is -2.49. The van der Waals surface area contributed by atoms with Gasteiger partial charge in [0, 0.05) is 17.3 Å². The molecule has 8 heteroatoms. The average molecular weight is 567 g/mol. The van der Waals surface area contributed by atoms with Gasteiger partial charge in [-0.05, 0) is 56.0 Å². The highest BCUT2D eigenvalue weighted by molar-refractivity contribution is 5.89. The lowest BCUT2D eigenvalue weighted by Crippen LogP contribution is -2.79. The Bertz CT molecular complexity index is 1290. The smallest absolute Gasteiger partial charge is 0.338 e. The minimum Gasteiger partial charge on any atom is -0.487 e. The van der Waals surface area contributed by atoms with Crippen molar-refractivity contribution in [3.8, 4) is 0 Å². The van der Waals surface area contributed by atoms with Crippen LogP contribution in [0.15, 0.2) is 66.5 Å². The topological polar surface area (TPSA) is 104 Å². The molecule has 6 rings (SSSR count). The predicted molar refractivity (Wildman–Crippen MR) is 151 cm³/mol. The number of rotatable bonds is 5. The second kappa shape index (κ2) is 9.51. The summed E-state index contributed by atoms with van der Waals surface area (Å²) in [5.74, 6) is -0.641. The summed E-state index contributed by atoms with van der Waals surface area (Å²) in [6.07, 6.45) is -1.15. The number of allylic oxidation sites excluding steroid dienone is 1. The molecule has 2 heterocycles. The van der Waals surface area contributed by atoms with Crippen LogP contribution < -0.4 is 0 Å². The fraction of sp³-hybridized carbons (Fsp3) is 0.606. The first-order valence-corrected chi connectivity index (χ1v) is 14.6. The molecule has 2 unspecified atom stereocenters. The van der Waals surface area contributed by atoms with Gasteiger partial charge in [0.25, 0.3) is 0 Å². The predicted octanol–water partition coefficient (Wildman–Crippen LogP) is 4.46. The molecule has 222 valence electrons. The van der Waals surface area contributed by atoms with Crippen LogP contribution in [0.1, 0.15) is 64.2 Å². The summed E-state index contributed by atoms with van der Waals surface area (Å²) in [4.78, 5) is 13.8. The summed E-state index contributed by atoms with van der Waals surface area (Å²) in [5, 5.41) is 24.5. The highest BCUT2D eigenvalue weighted by Gasteiger charge is 2.76. The molecule has 3 aliphatic carbocycles. The summed E-state index contributed by atoms with van der Waals surface area (Å²) < 4.78 is 32.3. The number of esters is 1. The number of carbonyl (C=O) groups is 1. The summed E-state index contributed by atoms with van der Waals surface area (Å²) in [6.45, 7) is 17.9. The zero-order valence-electron chi connectivity index (χ0n) is 24.6. The van der Waals surface area contributed by atoms with E-state index in [1.165, 1.54) is 0 Å². The van der Waals surface area contributed by atoms with Gasteiger partial charge in [0.15, 0.2) is 11.9 Å². The number of aliphatic hydroxyl groups is 2. The van der Waals surface area contributed by atoms with E-state index in [0.29, 0.717) is 24.2 Å². The molecule has 2 saturated heterocycles. The molecule has 0 amide bonds. The Morgan fingerprint density at radius 2 is 1.88 bits per heavy atom. The van der Waals surface area contributed by atoms with Crippen molar-refractivity contribution < 1.29 is 38.7 Å². The number of hydrogen-bond acceptors (Lipinski definition) is 8. The fourth-order valence-corrected chi connectivity index (χ4v) is 8.70. The largest absolute Gasteiger partial charge is 0.487 e. The van der Waals surface area contributed by atoms with Gasteiger partial charge in [-0.15, -0.1) is 0 Å². The van der Waals surface area contributed by atoms with E-state index in [-0.39, 0.29) is 19.1 Å². The number of aliphatic hydroxyl groups excluding tert-OH is 1. The van der Waals surface area contributed by atoms with Gasteiger partial charge in [-0.3, -0.25) is 0 Å². The van der Waals surface area contributed by atoms with E-state index in [1.807, 2.05) is 26.8 Å². The molecule has 2 aliphatic heterocycles. The standard InChI is InChI=1S/C33H42O8/c1-8-23-38-25-24-19(4)21(34)16-33(36,30(24,5)6)28(40-29(35)20-12-10-9-11-13-20)26-31(7,27(25)39-23)15-14-22-32(26,17-37-22)41-18(2)3/h8-13,21-23,25-28,34,36H,1-2,14-17H2,3-7H3/t21-,22?,23?,25+,26-,27+,28-,31+,32-,33+/m0/s1. The van der Waals surface area contributed by atoms with Gasteiger partial charge in [0.2, 0.25) is 0 Å². The van der Waals surface area contributed by atoms with Crippen molar-refractivity contribution in [1.29, 1.82) is 0 Å². The molecule has 2 bridgehead atoms. The Labute approximate surface area is 242 Å². The van der Waals surface area contributed by atoms with Crippen LogP contribution in [0.25, 0.3) is 0 Å². The van der Waals surface area contributed by atoms with E-state index < -0.39 is 64.6 Å². The third kappa shape index (κ3) is 3.87. The number of fused-ring (bicyclic) bond motifs is 8. The molecule has 10 atom stereocenters. The average Bonchev–Trinajstić information content (AvgIpc) is 3.34. The van der Waals surface area contributed by atoms with Crippen LogP contribution >= 0.6 is 0 Å². The maximum absolute atomic E-state index is 13.8. The Morgan fingerprint density at radius 1 is 1.17 bits per heavy atom. The molecule has 4 fully saturated rings. The van der Waals surface area contributed by atoms with Gasteiger partial charge >= 0.3 is 5.97 Å². The van der Waals surface area contributed by atoms with Crippen molar-refractivity contribution in [2.24, 2.45) is 16.7 Å². The number of carbonyl (C=O) groups excluding carboxylic acids is 1. The van der Waals surface area contributed by atoms with E-state index in [9.17, 15) is 15.0 Å². The first-order valence-electron chi connectivity index (χ1n) is 14.6. The van der Waals surface area contributed by atoms with Gasteiger partial charge in [0.05, 0.1) is 36.1 Å². The molecule has 1 aromatic rings. The van der Waals surface area contributed by atoms with Crippen LogP contribution in [0.3, 0.4) is 0 Å². The molecular formula is C33H42O8. The number of hydrogen-bond donors (Lipinski definition) is 2. The molecular weight excluding hydrogens is 524 g/mol. The van der Waals surface area contributed by atoms with Crippen LogP contribution in [-0.2, 0) is 23.7 Å². The second-order valence-electron chi connectivity index (χ2n) is 13.4. The normalized spacial score (nSPS) is 44.2. The van der Waals surface area contributed by atoms with Gasteiger partial charge < -0.3 is 33.9 Å². The molecule has 0 radical (unpaired) electrons. The molecule has 2 N–H and O–H groups in total. The Morgan fingerprint density at radius 3 is 2.49 bits per heavy atom. The lowest BCUT2D eigenvalue weighted by Gasteiger charge is -2.68. The van der Waals surface area contributed by atoms with E-state index >= 15 is 0 Å². The van der Waals surface area contributed by atoms with Gasteiger partial charge in [-0.1, -0.05) is 52.1 Å². The van der Waals surface area contributed by atoms with Gasteiger partial charge in [-0.2, -0.15) is 0 Å². The van der Waals surface area contributed by atoms with Crippen molar-refractivity contribution in [3.05, 3.63) is 72.0 Å². The van der Waals surface area contributed by atoms with Crippen molar-refractivity contribution >= 4 is 5.97 Å². The van der Waals surface area contributed by atoms with Gasteiger partial charge in [0.1, 0.15) is 23.9 Å². The maximum Gasteiger partial charge on any atom is 0.338 e. The molecule has 0 aromatic heterocycles. The Kier molecular flexibility index (Phi) is 6.64. The minimum absolute atomic E-state index is 0.0214. The molecule has 1 aromatic carbocycles. The van der Waals surface area contributed by atoms with Gasteiger partial charge in [-0.25, -0.2) is 4.79 Å². The van der Waals surface area contributed by atoms with Crippen molar-refractivity contribution in [1.82, 2.24) is 0 Å². The third-order valence-corrected chi connectivity index (χ3v) is 10.8. The van der Waals surface area contributed by atoms with Crippen LogP contribution in [0.4, 0.5) is 0 Å². The summed E-state index contributed by atoms with van der Waals surface area (Å²) in [5.41, 5.74) is -2.42. The van der Waals surface area contributed by atoms with Crippen LogP contribution in [0.2, 0.25) is 0 Å². The molecule has 2 saturated carbocycles. The molecule has 5 aliphatic rings. The fourth-order valence-electron chi connectivity index (χ4n) is 8.70. The van der Waals surface area contributed by atoms with E-state index in [1.54, 1.807) is 37.3 Å². The zero-order chi connectivity index (χ0) is 29.5. The SMILES string of the molecule is C=CC1O[C@@H]2C3=C(C)[C@@H](O)C[C@@](O)([C@@H](OC(=O)c4ccccc4)[C@H]4[C@@](C)(CCC5OC[C@]54OC(=C)C)[C@@H]2O1)C3(C)C. The summed E-state index contributed by atoms with van der Waals surface area (Å²) in [7, 11) is 0. The van der Waals surface area contributed by atoms with E-state index in [4.69, 9.17) is 23.7 Å². The monoisotopic (exact) mass is 566 g/mol. The number of benzene rings is 1. The van der Waals surface area contributed by atoms with E-state index in [0.717, 1.165) is 11.1 Å². The van der Waals surface area contributed by atoms with Crippen molar-refractivity contribution in [2.45, 2.75) is 102 Å². The van der Waals surface area contributed by atoms with Crippen LogP contribution in [0.5, 0.6) is 0 Å². The Balaban J connectivity index is 1.62. The van der Waals surface area contributed by atoms with E-state index in [2.05, 4.69) is 20.1 Å². The molecule has 0 spiro atoms. The lowest BCUT2D eigenvalue weighted by molar-refractivity contribution is -0.347. The first-order chi connectivity index (χ1) is 19.3. The van der Waals surface area contributed by atoms with Crippen molar-refractivity contribution in [3.63, 3.8) is 0 Å². The van der Waals surface area contributed by atoms with Crippen LogP contribution in [-0.4, -0.2) is 70.8 Å². The maximum atomic E-state index is 13.8. The first kappa shape index (κ1) is 28.6. The number of ether oxygens (including phenoxy) is 5. The second-order valence-corrected chi connectivity index (χ2v) is 13.4. The summed E-state index contributed by atoms with van der Waals surface area (Å²) in [6, 6.07) is 8.77. The minimum atomic E-state index is -1.69. The molecule has 41 heavy (non-hydrogen) atoms. The third-order valence-electron chi connectivity index (χ3n) is 10.8. The van der Waals surface area contributed by atoms with Crippen LogP contribution in [0, 0.1) is 16.7 Å². The highest BCUT2D eigenvalue weighted by atomic mass is 16.7.